The monoisotopic (exact) mass is 438 g/mol. The molecule has 4 rings (SSSR count). The number of aromatic nitrogens is 4. The molecule has 0 aliphatic carbocycles. The number of hydrogen-bond acceptors (Lipinski definition) is 4. The third-order valence-corrected chi connectivity index (χ3v) is 6.10. The van der Waals surface area contributed by atoms with Crippen molar-refractivity contribution >= 4 is 17.5 Å². The number of Topliss-reactive ketones (excluding diaryl/α,β-unsaturated/α-hetero) is 1. The molecule has 0 unspecified atom stereocenters. The van der Waals surface area contributed by atoms with E-state index in [1.807, 2.05) is 24.5 Å². The van der Waals surface area contributed by atoms with E-state index in [-0.39, 0.29) is 23.2 Å². The van der Waals surface area contributed by atoms with Gasteiger partial charge in [0, 0.05) is 29.7 Å². The highest BCUT2D eigenvalue weighted by atomic mass is 32.2. The highest BCUT2D eigenvalue weighted by molar-refractivity contribution is 7.99. The van der Waals surface area contributed by atoms with Gasteiger partial charge in [0.15, 0.2) is 16.8 Å². The van der Waals surface area contributed by atoms with Crippen molar-refractivity contribution in [2.45, 2.75) is 19.0 Å². The minimum atomic E-state index is -0.379. The normalized spacial score (nSPS) is 11.1. The number of ketones is 1. The first-order chi connectivity index (χ1) is 14.9. The highest BCUT2D eigenvalue weighted by Crippen LogP contribution is 2.27. The number of carbonyl (C=O) groups excluding carboxylic acids is 1. The summed E-state index contributed by atoms with van der Waals surface area (Å²) in [5, 5.41) is 8.71. The number of halogens is 2. The van der Waals surface area contributed by atoms with E-state index in [1.165, 1.54) is 30.0 Å². The molecule has 8 heteroatoms. The predicted molar refractivity (Wildman–Crippen MR) is 117 cm³/mol. The molecule has 31 heavy (non-hydrogen) atoms. The first-order valence-electron chi connectivity index (χ1n) is 9.62. The minimum Gasteiger partial charge on any atom is -0.318 e. The van der Waals surface area contributed by atoms with Crippen LogP contribution in [0.3, 0.4) is 0 Å². The minimum absolute atomic E-state index is 0.0730. The Hall–Kier alpha value is -3.26. The zero-order valence-corrected chi connectivity index (χ0v) is 18.1. The van der Waals surface area contributed by atoms with Gasteiger partial charge in [-0.3, -0.25) is 4.79 Å². The Labute approximate surface area is 182 Å². The van der Waals surface area contributed by atoms with Crippen LogP contribution in [0.25, 0.3) is 17.1 Å². The molecule has 0 aliphatic heterocycles. The summed E-state index contributed by atoms with van der Waals surface area (Å²) in [6.45, 7) is 3.72. The average Bonchev–Trinajstić information content (AvgIpc) is 3.25. The molecule has 0 saturated carbocycles. The SMILES string of the molecule is Cc1cc(C(=O)CSc2nnc(-c3ccccc3F)n2C)c(C)n1-c1cccc(F)c1. The molecule has 4 aromatic rings. The number of rotatable bonds is 6. The lowest BCUT2D eigenvalue weighted by atomic mass is 10.2. The van der Waals surface area contributed by atoms with Crippen LogP contribution in [-0.2, 0) is 7.05 Å². The van der Waals surface area contributed by atoms with Crippen molar-refractivity contribution in [1.29, 1.82) is 0 Å². The van der Waals surface area contributed by atoms with Crippen LogP contribution < -0.4 is 0 Å². The van der Waals surface area contributed by atoms with Gasteiger partial charge in [0.1, 0.15) is 11.6 Å². The van der Waals surface area contributed by atoms with Gasteiger partial charge in [-0.1, -0.05) is 30.0 Å². The Kier molecular flexibility index (Phi) is 5.73. The number of aryl methyl sites for hydroxylation is 1. The molecule has 5 nitrogen and oxygen atoms in total. The quantitative estimate of drug-likeness (QED) is 0.309. The Morgan fingerprint density at radius 2 is 1.81 bits per heavy atom. The molecular formula is C23H20F2N4OS. The van der Waals surface area contributed by atoms with Crippen molar-refractivity contribution in [2.75, 3.05) is 5.75 Å². The Morgan fingerprint density at radius 1 is 1.03 bits per heavy atom. The molecule has 2 aromatic carbocycles. The van der Waals surface area contributed by atoms with Crippen LogP contribution in [0.15, 0.2) is 59.8 Å². The van der Waals surface area contributed by atoms with Crippen LogP contribution in [0.1, 0.15) is 21.7 Å². The van der Waals surface area contributed by atoms with Crippen molar-refractivity contribution in [1.82, 2.24) is 19.3 Å². The number of nitrogens with zero attached hydrogens (tertiary/aromatic N) is 4. The van der Waals surface area contributed by atoms with E-state index >= 15 is 0 Å². The molecule has 0 bridgehead atoms. The number of thioether (sulfide) groups is 1. The molecule has 0 radical (unpaired) electrons. The first-order valence-corrected chi connectivity index (χ1v) is 10.6. The summed E-state index contributed by atoms with van der Waals surface area (Å²) in [6.07, 6.45) is 0. The van der Waals surface area contributed by atoms with E-state index < -0.39 is 0 Å². The van der Waals surface area contributed by atoms with Crippen molar-refractivity contribution in [3.8, 4) is 17.1 Å². The molecule has 0 N–H and O–H groups in total. The van der Waals surface area contributed by atoms with E-state index in [4.69, 9.17) is 0 Å². The van der Waals surface area contributed by atoms with Gasteiger partial charge in [-0.05, 0) is 50.2 Å². The molecule has 0 atom stereocenters. The molecule has 2 heterocycles. The second-order valence-corrected chi connectivity index (χ2v) is 8.10. The fraction of sp³-hybridized carbons (Fsp3) is 0.174. The van der Waals surface area contributed by atoms with Gasteiger partial charge < -0.3 is 9.13 Å². The van der Waals surface area contributed by atoms with Gasteiger partial charge in [-0.25, -0.2) is 8.78 Å². The second kappa shape index (κ2) is 8.47. The molecule has 0 amide bonds. The summed E-state index contributed by atoms with van der Waals surface area (Å²) in [4.78, 5) is 12.9. The van der Waals surface area contributed by atoms with Gasteiger partial charge >= 0.3 is 0 Å². The van der Waals surface area contributed by atoms with Crippen LogP contribution in [0.2, 0.25) is 0 Å². The maximum Gasteiger partial charge on any atom is 0.191 e. The number of benzene rings is 2. The molecular weight excluding hydrogens is 418 g/mol. The van der Waals surface area contributed by atoms with E-state index in [0.717, 1.165) is 11.4 Å². The fourth-order valence-electron chi connectivity index (χ4n) is 3.58. The summed E-state index contributed by atoms with van der Waals surface area (Å²) in [5.74, 6) is -0.234. The van der Waals surface area contributed by atoms with Crippen molar-refractivity contribution in [3.05, 3.63) is 83.2 Å². The van der Waals surface area contributed by atoms with Gasteiger partial charge in [0.05, 0.1) is 11.3 Å². The van der Waals surface area contributed by atoms with Crippen LogP contribution in [0.4, 0.5) is 8.78 Å². The lowest BCUT2D eigenvalue weighted by Gasteiger charge is -2.10. The van der Waals surface area contributed by atoms with E-state index in [0.29, 0.717) is 27.8 Å². The van der Waals surface area contributed by atoms with Gasteiger partial charge in [-0.15, -0.1) is 10.2 Å². The average molecular weight is 439 g/mol. The summed E-state index contributed by atoms with van der Waals surface area (Å²) < 4.78 is 31.3. The van der Waals surface area contributed by atoms with E-state index in [2.05, 4.69) is 10.2 Å². The van der Waals surface area contributed by atoms with Gasteiger partial charge in [0.25, 0.3) is 0 Å². The number of hydrogen-bond donors (Lipinski definition) is 0. The fourth-order valence-corrected chi connectivity index (χ4v) is 4.38. The second-order valence-electron chi connectivity index (χ2n) is 7.16. The van der Waals surface area contributed by atoms with Crippen LogP contribution in [0, 0.1) is 25.5 Å². The van der Waals surface area contributed by atoms with Crippen LogP contribution >= 0.6 is 11.8 Å². The van der Waals surface area contributed by atoms with Crippen molar-refractivity contribution < 1.29 is 13.6 Å². The third-order valence-electron chi connectivity index (χ3n) is 5.08. The summed E-state index contributed by atoms with van der Waals surface area (Å²) >= 11 is 1.24. The van der Waals surface area contributed by atoms with Gasteiger partial charge in [0.2, 0.25) is 0 Å². The van der Waals surface area contributed by atoms with Crippen LogP contribution in [0.5, 0.6) is 0 Å². The zero-order chi connectivity index (χ0) is 22.1. The van der Waals surface area contributed by atoms with Crippen molar-refractivity contribution in [3.63, 3.8) is 0 Å². The molecule has 2 aromatic heterocycles. The standard InChI is InChI=1S/C23H20F2N4OS/c1-14-11-19(15(2)29(14)17-8-6-7-16(24)12-17)21(30)13-31-23-27-26-22(28(23)3)18-9-4-5-10-20(18)25/h4-12H,13H2,1-3H3. The highest BCUT2D eigenvalue weighted by Gasteiger charge is 2.19. The molecule has 158 valence electrons. The van der Waals surface area contributed by atoms with E-state index in [9.17, 15) is 13.6 Å². The zero-order valence-electron chi connectivity index (χ0n) is 17.3. The van der Waals surface area contributed by atoms with Crippen molar-refractivity contribution in [2.24, 2.45) is 7.05 Å². The molecule has 0 spiro atoms. The first kappa shape index (κ1) is 21.0. The summed E-state index contributed by atoms with van der Waals surface area (Å²) in [7, 11) is 1.74. The Morgan fingerprint density at radius 3 is 2.55 bits per heavy atom. The topological polar surface area (TPSA) is 52.7 Å². The lowest BCUT2D eigenvalue weighted by molar-refractivity contribution is 0.102. The lowest BCUT2D eigenvalue weighted by Crippen LogP contribution is -2.06. The smallest absolute Gasteiger partial charge is 0.191 e. The largest absolute Gasteiger partial charge is 0.318 e. The Bertz CT molecular complexity index is 1280. The Balaban J connectivity index is 1.54. The molecule has 0 aliphatic rings. The van der Waals surface area contributed by atoms with E-state index in [1.54, 1.807) is 41.9 Å². The van der Waals surface area contributed by atoms with Crippen LogP contribution in [-0.4, -0.2) is 30.9 Å². The molecule has 0 fully saturated rings. The summed E-state index contributed by atoms with van der Waals surface area (Å²) in [6, 6.07) is 14.4. The maximum absolute atomic E-state index is 14.1. The molecule has 0 saturated heterocycles. The maximum atomic E-state index is 14.1. The predicted octanol–water partition coefficient (Wildman–Crippen LogP) is 5.14. The van der Waals surface area contributed by atoms with Gasteiger partial charge in [-0.2, -0.15) is 0 Å². The summed E-state index contributed by atoms with van der Waals surface area (Å²) in [5.41, 5.74) is 3.19. The number of carbonyl (C=O) groups is 1. The third kappa shape index (κ3) is 4.03.